The second-order valence-corrected chi connectivity index (χ2v) is 12.1. The highest BCUT2D eigenvalue weighted by atomic mass is 16.6. The minimum absolute atomic E-state index is 0.117. The van der Waals surface area contributed by atoms with E-state index in [2.05, 4.69) is 0 Å². The quantitative estimate of drug-likeness (QED) is 0.700. The van der Waals surface area contributed by atoms with E-state index in [1.54, 1.807) is 4.90 Å². The number of carbonyl (C=O) groups is 3. The summed E-state index contributed by atoms with van der Waals surface area (Å²) in [5, 5.41) is 0. The summed E-state index contributed by atoms with van der Waals surface area (Å²) in [7, 11) is 0. The molecule has 0 aromatic rings. The lowest BCUT2D eigenvalue weighted by Crippen LogP contribution is -2.59. The predicted molar refractivity (Wildman–Crippen MR) is 117 cm³/mol. The fourth-order valence-electron chi connectivity index (χ4n) is 7.64. The molecule has 0 aromatic heterocycles. The molecule has 6 atom stereocenters. The number of likely N-dealkylation sites (tertiary alicyclic amines) is 2. The average Bonchev–Trinajstić information content (AvgIpc) is 3.30. The summed E-state index contributed by atoms with van der Waals surface area (Å²) in [6.45, 7) is 7.38. The van der Waals surface area contributed by atoms with E-state index in [1.807, 2.05) is 25.7 Å². The molecule has 2 N–H and O–H groups in total. The number of rotatable bonds is 2. The molecule has 0 aromatic carbocycles. The monoisotopic (exact) mass is 447 g/mol. The zero-order valence-electron chi connectivity index (χ0n) is 19.6. The molecule has 4 bridgehead atoms. The summed E-state index contributed by atoms with van der Waals surface area (Å²) in [4.78, 5) is 41.8. The summed E-state index contributed by atoms with van der Waals surface area (Å²) in [6.07, 6.45) is 6.35. The van der Waals surface area contributed by atoms with Crippen molar-refractivity contribution in [2.45, 2.75) is 89.4 Å². The largest absolute Gasteiger partial charge is 0.446 e. The molecule has 6 aliphatic rings. The normalized spacial score (nSPS) is 40.2. The van der Waals surface area contributed by atoms with Gasteiger partial charge in [-0.15, -0.1) is 0 Å². The average molecular weight is 448 g/mol. The van der Waals surface area contributed by atoms with Crippen molar-refractivity contribution in [1.82, 2.24) is 9.80 Å². The highest BCUT2D eigenvalue weighted by Gasteiger charge is 2.59. The molecule has 8 nitrogen and oxygen atoms in total. The van der Waals surface area contributed by atoms with E-state index in [9.17, 15) is 14.4 Å². The minimum atomic E-state index is -0.542. The Balaban J connectivity index is 1.23. The van der Waals surface area contributed by atoms with Crippen LogP contribution in [0.4, 0.5) is 9.59 Å². The molecule has 6 rings (SSSR count). The maximum Gasteiger partial charge on any atom is 0.410 e. The fraction of sp³-hybridized carbons (Fsp3) is 0.875. The summed E-state index contributed by atoms with van der Waals surface area (Å²) >= 11 is 0. The lowest BCUT2D eigenvalue weighted by molar-refractivity contribution is -0.161. The van der Waals surface area contributed by atoms with Crippen molar-refractivity contribution in [3.8, 4) is 0 Å². The van der Waals surface area contributed by atoms with Gasteiger partial charge in [-0.1, -0.05) is 0 Å². The van der Waals surface area contributed by atoms with Crippen molar-refractivity contribution in [3.63, 3.8) is 0 Å². The Morgan fingerprint density at radius 2 is 1.66 bits per heavy atom. The van der Waals surface area contributed by atoms with Gasteiger partial charge in [0.25, 0.3) is 0 Å². The van der Waals surface area contributed by atoms with Crippen molar-refractivity contribution in [2.75, 3.05) is 19.6 Å². The first kappa shape index (κ1) is 21.8. The van der Waals surface area contributed by atoms with Crippen molar-refractivity contribution >= 4 is 18.1 Å². The van der Waals surface area contributed by atoms with E-state index in [4.69, 9.17) is 15.2 Å². The van der Waals surface area contributed by atoms with Crippen LogP contribution in [0.5, 0.6) is 0 Å². The molecule has 2 aliphatic heterocycles. The number of hydrogen-bond acceptors (Lipinski definition) is 5. The van der Waals surface area contributed by atoms with Crippen molar-refractivity contribution in [3.05, 3.63) is 0 Å². The van der Waals surface area contributed by atoms with Gasteiger partial charge in [-0.05, 0) is 89.9 Å². The Morgan fingerprint density at radius 1 is 0.969 bits per heavy atom. The Morgan fingerprint density at radius 3 is 2.28 bits per heavy atom. The van der Waals surface area contributed by atoms with Gasteiger partial charge in [-0.2, -0.15) is 0 Å². The molecule has 4 aliphatic carbocycles. The summed E-state index contributed by atoms with van der Waals surface area (Å²) in [6, 6.07) is 0. The molecule has 2 heterocycles. The lowest BCUT2D eigenvalue weighted by Gasteiger charge is -2.58. The lowest BCUT2D eigenvalue weighted by atomic mass is 9.48. The Bertz CT molecular complexity index is 807. The molecule has 8 heteroatoms. The van der Waals surface area contributed by atoms with Crippen LogP contribution >= 0.6 is 0 Å². The van der Waals surface area contributed by atoms with Gasteiger partial charge in [-0.25, -0.2) is 9.59 Å². The smallest absolute Gasteiger partial charge is 0.410 e. The number of carbonyl (C=O) groups excluding carboxylic acids is 3. The van der Waals surface area contributed by atoms with Gasteiger partial charge in [0.2, 0.25) is 5.91 Å². The van der Waals surface area contributed by atoms with Gasteiger partial charge in [0, 0.05) is 19.6 Å². The summed E-state index contributed by atoms with van der Waals surface area (Å²) in [5.74, 6) is 0.829. The number of ether oxygens (including phenoxy) is 2. The second kappa shape index (κ2) is 7.26. The van der Waals surface area contributed by atoms with Crippen LogP contribution in [-0.4, -0.2) is 64.8 Å². The van der Waals surface area contributed by atoms with Crippen LogP contribution in [-0.2, 0) is 14.3 Å². The Hall–Kier alpha value is -1.99. The van der Waals surface area contributed by atoms with Crippen LogP contribution in [0.3, 0.4) is 0 Å². The molecule has 0 radical (unpaired) electrons. The minimum Gasteiger partial charge on any atom is -0.446 e. The predicted octanol–water partition coefficient (Wildman–Crippen LogP) is 3.28. The number of nitrogens with zero attached hydrogens (tertiary/aromatic N) is 2. The number of primary amides is 1. The Kier molecular flexibility index (Phi) is 4.95. The zero-order valence-corrected chi connectivity index (χ0v) is 19.6. The summed E-state index contributed by atoms with van der Waals surface area (Å²) < 4.78 is 11.7. The second-order valence-electron chi connectivity index (χ2n) is 12.1. The van der Waals surface area contributed by atoms with Gasteiger partial charge < -0.3 is 25.0 Å². The van der Waals surface area contributed by atoms with Crippen molar-refractivity contribution in [2.24, 2.45) is 28.9 Å². The van der Waals surface area contributed by atoms with Gasteiger partial charge in [0.05, 0.1) is 11.0 Å². The van der Waals surface area contributed by atoms with E-state index in [-0.39, 0.29) is 47.0 Å². The van der Waals surface area contributed by atoms with E-state index >= 15 is 0 Å². The Labute approximate surface area is 190 Å². The molecule has 32 heavy (non-hydrogen) atoms. The third-order valence-corrected chi connectivity index (χ3v) is 8.75. The van der Waals surface area contributed by atoms with Gasteiger partial charge in [0.15, 0.2) is 0 Å². The zero-order chi connectivity index (χ0) is 22.9. The van der Waals surface area contributed by atoms with Crippen LogP contribution < -0.4 is 5.73 Å². The third-order valence-electron chi connectivity index (χ3n) is 8.75. The van der Waals surface area contributed by atoms with Crippen molar-refractivity contribution in [1.29, 1.82) is 0 Å². The van der Waals surface area contributed by atoms with E-state index in [1.165, 1.54) is 0 Å². The maximum absolute atomic E-state index is 13.2. The molecule has 6 fully saturated rings. The number of hydrogen-bond donors (Lipinski definition) is 1. The first-order chi connectivity index (χ1) is 15.0. The molecular weight excluding hydrogens is 410 g/mol. The van der Waals surface area contributed by atoms with Gasteiger partial charge in [-0.3, -0.25) is 4.79 Å². The first-order valence-corrected chi connectivity index (χ1v) is 12.3. The molecule has 2 saturated heterocycles. The van der Waals surface area contributed by atoms with Crippen LogP contribution in [0.2, 0.25) is 0 Å². The molecule has 3 amide bonds. The number of amides is 3. The molecule has 1 spiro atoms. The standard InChI is InChI=1S/C24H37N3O5/c1-22(2,3)32-21(30)27-7-4-5-24(27)6-8-26(14-24)20(29)31-18-16-9-15-10-17(18)13-23(11-15,12-16)19(25)28/h15-18H,4-14H2,1-3H3,(H2,25,28)/t15?,16-,17?,18?,23?,24?/m0/s1. The third kappa shape index (κ3) is 3.54. The maximum atomic E-state index is 13.2. The molecular formula is C24H37N3O5. The van der Waals surface area contributed by atoms with Crippen LogP contribution in [0.15, 0.2) is 0 Å². The highest BCUT2D eigenvalue weighted by Crippen LogP contribution is 2.60. The summed E-state index contributed by atoms with van der Waals surface area (Å²) in [5.41, 5.74) is 4.51. The van der Waals surface area contributed by atoms with Crippen LogP contribution in [0, 0.1) is 23.2 Å². The van der Waals surface area contributed by atoms with E-state index in [0.717, 1.165) is 51.4 Å². The van der Waals surface area contributed by atoms with Crippen molar-refractivity contribution < 1.29 is 23.9 Å². The molecule has 4 saturated carbocycles. The van der Waals surface area contributed by atoms with Gasteiger partial charge >= 0.3 is 12.2 Å². The van der Waals surface area contributed by atoms with E-state index in [0.29, 0.717) is 25.6 Å². The molecule has 5 unspecified atom stereocenters. The van der Waals surface area contributed by atoms with Gasteiger partial charge in [0.1, 0.15) is 11.7 Å². The van der Waals surface area contributed by atoms with Crippen LogP contribution in [0.25, 0.3) is 0 Å². The number of nitrogens with two attached hydrogens (primary N) is 1. The SMILES string of the molecule is CC(C)(C)OC(=O)N1CCCC12CCN(C(=O)OC1C3CC4C[C@H]1CC(C(N)=O)(C4)C3)C2. The topological polar surface area (TPSA) is 102 Å². The fourth-order valence-corrected chi connectivity index (χ4v) is 7.64. The first-order valence-electron chi connectivity index (χ1n) is 12.3. The van der Waals surface area contributed by atoms with Crippen LogP contribution in [0.1, 0.15) is 72.1 Å². The highest BCUT2D eigenvalue weighted by molar-refractivity contribution is 5.81. The molecule has 178 valence electrons. The van der Waals surface area contributed by atoms with E-state index < -0.39 is 5.60 Å².